The first-order valence-corrected chi connectivity index (χ1v) is 5.73. The van der Waals surface area contributed by atoms with Crippen LogP contribution in [-0.2, 0) is 22.2 Å². The van der Waals surface area contributed by atoms with Gasteiger partial charge >= 0.3 is 12.1 Å². The third-order valence-corrected chi connectivity index (χ3v) is 2.63. The molecule has 1 aromatic carbocycles. The minimum Gasteiger partial charge on any atom is -0.480 e. The number of carbonyl (C=O) groups is 2. The molecule has 0 unspecified atom stereocenters. The van der Waals surface area contributed by atoms with Crippen molar-refractivity contribution in [2.45, 2.75) is 32.0 Å². The van der Waals surface area contributed by atoms with E-state index in [9.17, 15) is 22.8 Å². The van der Waals surface area contributed by atoms with Gasteiger partial charge in [-0.1, -0.05) is 12.1 Å². The molecule has 7 heteroatoms. The Balaban J connectivity index is 2.70. The lowest BCUT2D eigenvalue weighted by Gasteiger charge is -2.21. The minimum atomic E-state index is -4.42. The van der Waals surface area contributed by atoms with Crippen LogP contribution in [0.1, 0.15) is 25.0 Å². The maximum Gasteiger partial charge on any atom is 0.416 e. The van der Waals surface area contributed by atoms with E-state index in [1.54, 1.807) is 0 Å². The second kappa shape index (κ2) is 5.52. The fraction of sp³-hybridized carbons (Fsp3) is 0.385. The van der Waals surface area contributed by atoms with Crippen molar-refractivity contribution in [3.05, 3.63) is 35.4 Å². The van der Waals surface area contributed by atoms with Crippen molar-refractivity contribution >= 4 is 11.9 Å². The van der Waals surface area contributed by atoms with Crippen LogP contribution in [-0.4, -0.2) is 22.5 Å². The molecule has 110 valence electrons. The Labute approximate surface area is 113 Å². The van der Waals surface area contributed by atoms with Crippen LogP contribution in [0.5, 0.6) is 0 Å². The van der Waals surface area contributed by atoms with Gasteiger partial charge < -0.3 is 10.4 Å². The minimum absolute atomic E-state index is 0.186. The van der Waals surface area contributed by atoms with E-state index in [0.29, 0.717) is 5.56 Å². The summed E-state index contributed by atoms with van der Waals surface area (Å²) in [6.45, 7) is 2.64. The van der Waals surface area contributed by atoms with Gasteiger partial charge in [0, 0.05) is 0 Å². The largest absolute Gasteiger partial charge is 0.480 e. The standard InChI is InChI=1S/C13H14F3NO3/c1-12(2,11(19)20)17-10(18)7-8-3-5-9(6-4-8)13(14,15)16/h3-6H,7H2,1-2H3,(H,17,18)(H,19,20). The van der Waals surface area contributed by atoms with Gasteiger partial charge in [0.15, 0.2) is 0 Å². The molecule has 0 aromatic heterocycles. The van der Waals surface area contributed by atoms with E-state index >= 15 is 0 Å². The molecule has 2 N–H and O–H groups in total. The number of aliphatic carboxylic acids is 1. The zero-order valence-electron chi connectivity index (χ0n) is 10.9. The summed E-state index contributed by atoms with van der Waals surface area (Å²) in [7, 11) is 0. The van der Waals surface area contributed by atoms with E-state index in [2.05, 4.69) is 5.32 Å². The van der Waals surface area contributed by atoms with Crippen LogP contribution >= 0.6 is 0 Å². The number of nitrogens with one attached hydrogen (secondary N) is 1. The summed E-state index contributed by atoms with van der Waals surface area (Å²) in [6, 6.07) is 4.14. The Kier molecular flexibility index (Phi) is 4.42. The van der Waals surface area contributed by atoms with Crippen LogP contribution in [0, 0.1) is 0 Å². The van der Waals surface area contributed by atoms with Crippen molar-refractivity contribution in [1.82, 2.24) is 5.32 Å². The van der Waals surface area contributed by atoms with E-state index in [-0.39, 0.29) is 6.42 Å². The first kappa shape index (κ1) is 16.0. The zero-order chi connectivity index (χ0) is 15.6. The number of carbonyl (C=O) groups excluding carboxylic acids is 1. The summed E-state index contributed by atoms with van der Waals surface area (Å²) in [6.07, 6.45) is -4.61. The van der Waals surface area contributed by atoms with Crippen molar-refractivity contribution in [2.75, 3.05) is 0 Å². The number of carboxylic acid groups (broad SMARTS) is 1. The van der Waals surface area contributed by atoms with Gasteiger partial charge in [0.05, 0.1) is 12.0 Å². The molecule has 1 aromatic rings. The SMILES string of the molecule is CC(C)(NC(=O)Cc1ccc(C(F)(F)F)cc1)C(=O)O. The number of alkyl halides is 3. The molecule has 0 aliphatic rings. The van der Waals surface area contributed by atoms with E-state index in [1.807, 2.05) is 0 Å². The Hall–Kier alpha value is -2.05. The molecule has 0 saturated carbocycles. The predicted molar refractivity (Wildman–Crippen MR) is 65.0 cm³/mol. The second-order valence-corrected chi connectivity index (χ2v) is 4.85. The Morgan fingerprint density at radius 3 is 2.05 bits per heavy atom. The average molecular weight is 289 g/mol. The predicted octanol–water partition coefficient (Wildman–Crippen LogP) is 2.23. The van der Waals surface area contributed by atoms with Crippen molar-refractivity contribution in [3.8, 4) is 0 Å². The molecular formula is C13H14F3NO3. The lowest BCUT2D eigenvalue weighted by molar-refractivity contribution is -0.146. The highest BCUT2D eigenvalue weighted by Gasteiger charge is 2.30. The molecule has 1 rings (SSSR count). The van der Waals surface area contributed by atoms with Gasteiger partial charge in [0.2, 0.25) is 5.91 Å². The van der Waals surface area contributed by atoms with Gasteiger partial charge in [-0.3, -0.25) is 4.79 Å². The van der Waals surface area contributed by atoms with Crippen LogP contribution < -0.4 is 5.32 Å². The van der Waals surface area contributed by atoms with E-state index in [4.69, 9.17) is 5.11 Å². The maximum absolute atomic E-state index is 12.3. The van der Waals surface area contributed by atoms with E-state index in [1.165, 1.54) is 26.0 Å². The highest BCUT2D eigenvalue weighted by atomic mass is 19.4. The zero-order valence-corrected chi connectivity index (χ0v) is 10.9. The monoisotopic (exact) mass is 289 g/mol. The highest BCUT2D eigenvalue weighted by molar-refractivity contribution is 5.87. The third kappa shape index (κ3) is 4.25. The van der Waals surface area contributed by atoms with E-state index in [0.717, 1.165) is 12.1 Å². The molecule has 0 fully saturated rings. The molecular weight excluding hydrogens is 275 g/mol. The summed E-state index contributed by atoms with van der Waals surface area (Å²) in [5.41, 5.74) is -1.85. The number of hydrogen-bond acceptors (Lipinski definition) is 2. The third-order valence-electron chi connectivity index (χ3n) is 2.63. The molecule has 0 atom stereocenters. The van der Waals surface area contributed by atoms with Crippen molar-refractivity contribution < 1.29 is 27.9 Å². The van der Waals surface area contributed by atoms with Gasteiger partial charge in [-0.2, -0.15) is 13.2 Å². The molecule has 1 amide bonds. The molecule has 4 nitrogen and oxygen atoms in total. The summed E-state index contributed by atoms with van der Waals surface area (Å²) in [5, 5.41) is 11.1. The molecule has 0 aliphatic carbocycles. The topological polar surface area (TPSA) is 66.4 Å². The number of carboxylic acids is 1. The molecule has 0 heterocycles. The van der Waals surface area contributed by atoms with Crippen LogP contribution in [0.4, 0.5) is 13.2 Å². The van der Waals surface area contributed by atoms with Crippen molar-refractivity contribution in [2.24, 2.45) is 0 Å². The molecule has 20 heavy (non-hydrogen) atoms. The number of hydrogen-bond donors (Lipinski definition) is 2. The molecule has 0 aliphatic heterocycles. The van der Waals surface area contributed by atoms with Crippen LogP contribution in [0.3, 0.4) is 0 Å². The molecule has 0 spiro atoms. The number of benzene rings is 1. The first-order valence-electron chi connectivity index (χ1n) is 5.73. The van der Waals surface area contributed by atoms with Crippen LogP contribution in [0.2, 0.25) is 0 Å². The maximum atomic E-state index is 12.3. The summed E-state index contributed by atoms with van der Waals surface area (Å²) in [4.78, 5) is 22.4. The molecule has 0 bridgehead atoms. The van der Waals surface area contributed by atoms with Crippen molar-refractivity contribution in [3.63, 3.8) is 0 Å². The van der Waals surface area contributed by atoms with E-state index < -0.39 is 29.2 Å². The quantitative estimate of drug-likeness (QED) is 0.893. The normalized spacial score (nSPS) is 12.1. The molecule has 0 saturated heterocycles. The average Bonchev–Trinajstić information content (AvgIpc) is 2.27. The van der Waals surface area contributed by atoms with Gasteiger partial charge in [0.25, 0.3) is 0 Å². The fourth-order valence-electron chi connectivity index (χ4n) is 1.44. The second-order valence-electron chi connectivity index (χ2n) is 4.85. The lowest BCUT2D eigenvalue weighted by Crippen LogP contribution is -2.50. The number of halogens is 3. The summed E-state index contributed by atoms with van der Waals surface area (Å²) >= 11 is 0. The van der Waals surface area contributed by atoms with Crippen molar-refractivity contribution in [1.29, 1.82) is 0 Å². The van der Waals surface area contributed by atoms with Gasteiger partial charge in [-0.25, -0.2) is 4.79 Å². The summed E-state index contributed by atoms with van der Waals surface area (Å²) in [5.74, 6) is -1.77. The van der Waals surface area contributed by atoms with Gasteiger partial charge in [-0.05, 0) is 31.5 Å². The fourth-order valence-corrected chi connectivity index (χ4v) is 1.44. The van der Waals surface area contributed by atoms with Crippen LogP contribution in [0.25, 0.3) is 0 Å². The highest BCUT2D eigenvalue weighted by Crippen LogP contribution is 2.29. The number of amides is 1. The Morgan fingerprint density at radius 2 is 1.65 bits per heavy atom. The Morgan fingerprint density at radius 1 is 1.15 bits per heavy atom. The van der Waals surface area contributed by atoms with Gasteiger partial charge in [-0.15, -0.1) is 0 Å². The Bertz CT molecular complexity index is 507. The smallest absolute Gasteiger partial charge is 0.416 e. The first-order chi connectivity index (χ1) is 9.02. The lowest BCUT2D eigenvalue weighted by atomic mass is 10.0. The van der Waals surface area contributed by atoms with Crippen LogP contribution in [0.15, 0.2) is 24.3 Å². The summed E-state index contributed by atoms with van der Waals surface area (Å²) < 4.78 is 37.0. The van der Waals surface area contributed by atoms with Gasteiger partial charge in [0.1, 0.15) is 5.54 Å². The number of rotatable bonds is 4. The molecule has 0 radical (unpaired) electrons.